The number of anilines is 1. The van der Waals surface area contributed by atoms with Gasteiger partial charge in [0.15, 0.2) is 6.10 Å². The van der Waals surface area contributed by atoms with E-state index in [0.29, 0.717) is 5.56 Å². The van der Waals surface area contributed by atoms with Crippen LogP contribution in [-0.4, -0.2) is 32.9 Å². The van der Waals surface area contributed by atoms with Crippen molar-refractivity contribution >= 4 is 27.6 Å². The Kier molecular flexibility index (Phi) is 6.65. The molecule has 27 heavy (non-hydrogen) atoms. The summed E-state index contributed by atoms with van der Waals surface area (Å²) in [5.74, 6) is -2.07. The van der Waals surface area contributed by atoms with Gasteiger partial charge in [0.05, 0.1) is 4.90 Å². The van der Waals surface area contributed by atoms with Crippen molar-refractivity contribution in [3.63, 3.8) is 0 Å². The molecule has 0 saturated heterocycles. The molecular weight excluding hydrogens is 375 g/mol. The number of carbonyl (C=O) groups is 2. The first-order chi connectivity index (χ1) is 12.7. The Morgan fingerprint density at radius 2 is 1.81 bits per heavy atom. The third-order valence-corrected chi connectivity index (χ3v) is 4.99. The molecule has 2 rings (SSSR count). The first kappa shape index (κ1) is 20.5. The van der Waals surface area contributed by atoms with Crippen LogP contribution in [0.25, 0.3) is 0 Å². The molecule has 0 radical (unpaired) electrons. The number of esters is 1. The van der Waals surface area contributed by atoms with Crippen LogP contribution in [0.4, 0.5) is 10.1 Å². The summed E-state index contributed by atoms with van der Waals surface area (Å²) in [6.07, 6.45) is -1.19. The zero-order valence-electron chi connectivity index (χ0n) is 14.7. The Hall–Kier alpha value is -2.78. The number of hydrogen-bond donors (Lipinski definition) is 2. The van der Waals surface area contributed by atoms with Gasteiger partial charge < -0.3 is 10.1 Å². The molecule has 2 N–H and O–H groups in total. The summed E-state index contributed by atoms with van der Waals surface area (Å²) in [5.41, 5.74) is 0.647. The summed E-state index contributed by atoms with van der Waals surface area (Å²) in [5, 5.41) is 2.42. The minimum Gasteiger partial charge on any atom is -0.452 e. The number of benzene rings is 2. The molecule has 0 heterocycles. The first-order valence-corrected chi connectivity index (χ1v) is 9.48. The summed E-state index contributed by atoms with van der Waals surface area (Å²) in [6.45, 7) is 2.28. The van der Waals surface area contributed by atoms with Crippen molar-refractivity contribution in [1.82, 2.24) is 4.72 Å². The molecular formula is C18H19FN2O5S. The smallest absolute Gasteiger partial charge is 0.321 e. The van der Waals surface area contributed by atoms with Gasteiger partial charge in [-0.3, -0.25) is 9.59 Å². The molecule has 0 aliphatic heterocycles. The van der Waals surface area contributed by atoms with Gasteiger partial charge in [-0.05, 0) is 43.7 Å². The largest absolute Gasteiger partial charge is 0.452 e. The Balaban J connectivity index is 1.87. The monoisotopic (exact) mass is 394 g/mol. The van der Waals surface area contributed by atoms with Gasteiger partial charge in [-0.2, -0.15) is 4.72 Å². The quantitative estimate of drug-likeness (QED) is 0.700. The Bertz CT molecular complexity index is 932. The molecule has 0 bridgehead atoms. The number of carbonyl (C=O) groups excluding carboxylic acids is 2. The van der Waals surface area contributed by atoms with Crippen LogP contribution in [0.3, 0.4) is 0 Å². The molecule has 1 atom stereocenters. The molecule has 1 amide bonds. The van der Waals surface area contributed by atoms with E-state index >= 15 is 0 Å². The summed E-state index contributed by atoms with van der Waals surface area (Å²) < 4.78 is 44.5. The number of aryl methyl sites for hydroxylation is 1. The fourth-order valence-electron chi connectivity index (χ4n) is 2.04. The van der Waals surface area contributed by atoms with Crippen LogP contribution in [0.2, 0.25) is 0 Å². The van der Waals surface area contributed by atoms with Gasteiger partial charge in [0.1, 0.15) is 12.4 Å². The number of hydrogen-bond acceptors (Lipinski definition) is 5. The first-order valence-electron chi connectivity index (χ1n) is 8.00. The van der Waals surface area contributed by atoms with Crippen LogP contribution >= 0.6 is 0 Å². The van der Waals surface area contributed by atoms with E-state index in [-0.39, 0.29) is 10.6 Å². The number of amides is 1. The zero-order valence-corrected chi connectivity index (χ0v) is 15.5. The molecule has 0 spiro atoms. The van der Waals surface area contributed by atoms with Gasteiger partial charge in [-0.25, -0.2) is 12.8 Å². The van der Waals surface area contributed by atoms with Crippen LogP contribution in [0, 0.1) is 12.7 Å². The average Bonchev–Trinajstić information content (AvgIpc) is 2.64. The molecule has 0 aliphatic carbocycles. The van der Waals surface area contributed by atoms with Gasteiger partial charge in [0, 0.05) is 5.69 Å². The van der Waals surface area contributed by atoms with Crippen molar-refractivity contribution in [1.29, 1.82) is 0 Å². The van der Waals surface area contributed by atoms with Crippen molar-refractivity contribution in [3.05, 3.63) is 59.9 Å². The van der Waals surface area contributed by atoms with Gasteiger partial charge in [0.25, 0.3) is 5.91 Å². The number of ether oxygens (including phenoxy) is 1. The van der Waals surface area contributed by atoms with Crippen molar-refractivity contribution in [3.8, 4) is 0 Å². The Morgan fingerprint density at radius 1 is 1.15 bits per heavy atom. The average molecular weight is 394 g/mol. The minimum absolute atomic E-state index is 0.00462. The van der Waals surface area contributed by atoms with Gasteiger partial charge in [-0.1, -0.05) is 24.3 Å². The SMILES string of the molecule is Cc1ccc(NC(=O)[C@H](C)OC(=O)CNS(=O)(=O)c2ccccc2)cc1F. The van der Waals surface area contributed by atoms with Crippen LogP contribution < -0.4 is 10.0 Å². The minimum atomic E-state index is -3.86. The summed E-state index contributed by atoms with van der Waals surface area (Å²) >= 11 is 0. The molecule has 144 valence electrons. The van der Waals surface area contributed by atoms with Gasteiger partial charge in [0.2, 0.25) is 10.0 Å². The van der Waals surface area contributed by atoms with E-state index in [4.69, 9.17) is 4.74 Å². The second-order valence-electron chi connectivity index (χ2n) is 5.72. The fraction of sp³-hybridized carbons (Fsp3) is 0.222. The third-order valence-electron chi connectivity index (χ3n) is 3.58. The van der Waals surface area contributed by atoms with Crippen LogP contribution in [0.15, 0.2) is 53.4 Å². The second kappa shape index (κ2) is 8.74. The summed E-state index contributed by atoms with van der Waals surface area (Å²) in [4.78, 5) is 23.8. The second-order valence-corrected chi connectivity index (χ2v) is 7.49. The van der Waals surface area contributed by atoms with E-state index in [1.165, 1.54) is 31.2 Å². The highest BCUT2D eigenvalue weighted by molar-refractivity contribution is 7.89. The molecule has 0 saturated carbocycles. The Labute approximate surface area is 156 Å². The highest BCUT2D eigenvalue weighted by Crippen LogP contribution is 2.14. The maximum atomic E-state index is 13.5. The van der Waals surface area contributed by atoms with E-state index in [9.17, 15) is 22.4 Å². The Morgan fingerprint density at radius 3 is 2.44 bits per heavy atom. The zero-order chi connectivity index (χ0) is 20.0. The lowest BCUT2D eigenvalue weighted by Gasteiger charge is -2.14. The summed E-state index contributed by atoms with van der Waals surface area (Å²) in [6, 6.07) is 11.7. The van der Waals surface area contributed by atoms with Crippen molar-refractivity contribution in [2.45, 2.75) is 24.8 Å². The van der Waals surface area contributed by atoms with Crippen LogP contribution in [0.5, 0.6) is 0 Å². The maximum Gasteiger partial charge on any atom is 0.321 e. The lowest BCUT2D eigenvalue weighted by molar-refractivity contribution is -0.151. The van der Waals surface area contributed by atoms with Crippen LogP contribution in [-0.2, 0) is 24.3 Å². The predicted molar refractivity (Wildman–Crippen MR) is 97.0 cm³/mol. The molecule has 7 nitrogen and oxygen atoms in total. The molecule has 2 aromatic rings. The van der Waals surface area contributed by atoms with E-state index in [1.807, 2.05) is 0 Å². The van der Waals surface area contributed by atoms with Crippen molar-refractivity contribution < 1.29 is 27.1 Å². The standard InChI is InChI=1S/C18H19FN2O5S/c1-12-8-9-14(10-16(12)19)21-18(23)13(2)26-17(22)11-20-27(24,25)15-6-4-3-5-7-15/h3-10,13,20H,11H2,1-2H3,(H,21,23)/t13-/m0/s1. The normalized spacial score (nSPS) is 12.3. The highest BCUT2D eigenvalue weighted by Gasteiger charge is 2.20. The van der Waals surface area contributed by atoms with E-state index in [1.54, 1.807) is 25.1 Å². The number of rotatable bonds is 7. The molecule has 0 aromatic heterocycles. The topological polar surface area (TPSA) is 102 Å². The van der Waals surface area contributed by atoms with Gasteiger partial charge >= 0.3 is 5.97 Å². The molecule has 0 aliphatic rings. The third kappa shape index (κ3) is 5.87. The number of nitrogens with one attached hydrogen (secondary N) is 2. The molecule has 9 heteroatoms. The highest BCUT2D eigenvalue weighted by atomic mass is 32.2. The van der Waals surface area contributed by atoms with E-state index < -0.39 is 40.4 Å². The van der Waals surface area contributed by atoms with Crippen LogP contribution in [0.1, 0.15) is 12.5 Å². The molecule has 0 fully saturated rings. The van der Waals surface area contributed by atoms with Gasteiger partial charge in [-0.15, -0.1) is 0 Å². The van der Waals surface area contributed by atoms with Crippen molar-refractivity contribution in [2.75, 3.05) is 11.9 Å². The van der Waals surface area contributed by atoms with Crippen molar-refractivity contribution in [2.24, 2.45) is 0 Å². The molecule has 0 unspecified atom stereocenters. The molecule has 2 aromatic carbocycles. The summed E-state index contributed by atoms with van der Waals surface area (Å²) in [7, 11) is -3.86. The predicted octanol–water partition coefficient (Wildman–Crippen LogP) is 1.98. The van der Waals surface area contributed by atoms with E-state index in [2.05, 4.69) is 10.0 Å². The fourth-order valence-corrected chi connectivity index (χ4v) is 3.03. The lowest BCUT2D eigenvalue weighted by atomic mass is 10.2. The number of halogens is 1. The van der Waals surface area contributed by atoms with E-state index in [0.717, 1.165) is 6.07 Å². The number of sulfonamides is 1. The lowest BCUT2D eigenvalue weighted by Crippen LogP contribution is -2.35. The maximum absolute atomic E-state index is 13.5.